The maximum atomic E-state index is 11.0. The van der Waals surface area contributed by atoms with Crippen molar-refractivity contribution in [2.75, 3.05) is 13.2 Å². The summed E-state index contributed by atoms with van der Waals surface area (Å²) in [5.41, 5.74) is 0. The first-order valence-corrected chi connectivity index (χ1v) is 6.83. The van der Waals surface area contributed by atoms with Gasteiger partial charge in [-0.15, -0.1) is 11.3 Å². The minimum atomic E-state index is -0.216. The van der Waals surface area contributed by atoms with Crippen molar-refractivity contribution in [2.45, 2.75) is 13.5 Å². The van der Waals surface area contributed by atoms with Crippen molar-refractivity contribution in [2.24, 2.45) is 0 Å². The second-order valence-electron chi connectivity index (χ2n) is 2.74. The number of hydrogen-bond acceptors (Lipinski definition) is 4. The van der Waals surface area contributed by atoms with Crippen molar-refractivity contribution in [3.63, 3.8) is 0 Å². The van der Waals surface area contributed by atoms with Crippen molar-refractivity contribution in [1.29, 1.82) is 0 Å². The van der Waals surface area contributed by atoms with E-state index in [0.29, 0.717) is 13.2 Å². The summed E-state index contributed by atoms with van der Waals surface area (Å²) in [6.07, 6.45) is 0. The largest absolute Gasteiger partial charge is 0.465 e. The van der Waals surface area contributed by atoms with Gasteiger partial charge in [0.15, 0.2) is 0 Å². The molecule has 15 heavy (non-hydrogen) atoms. The summed E-state index contributed by atoms with van der Waals surface area (Å²) in [5.74, 6) is -0.216. The normalized spacial score (nSPS) is 10.3. The Morgan fingerprint density at radius 1 is 1.60 bits per heavy atom. The molecule has 3 nitrogen and oxygen atoms in total. The van der Waals surface area contributed by atoms with Gasteiger partial charge in [-0.25, -0.2) is 0 Å². The molecule has 6 heteroatoms. The number of ether oxygens (including phenoxy) is 1. The summed E-state index contributed by atoms with van der Waals surface area (Å²) >= 11 is 8.45. The molecule has 1 aromatic rings. The Kier molecular flexibility index (Phi) is 5.81. The Morgan fingerprint density at radius 2 is 2.33 bits per heavy atom. The number of nitrogens with one attached hydrogen (secondary N) is 1. The highest BCUT2D eigenvalue weighted by Gasteiger charge is 2.05. The maximum absolute atomic E-state index is 11.0. The van der Waals surface area contributed by atoms with E-state index in [-0.39, 0.29) is 12.5 Å². The third-order valence-corrected chi connectivity index (χ3v) is 4.83. The molecule has 0 aromatic carbocycles. The third kappa shape index (κ3) is 4.63. The van der Waals surface area contributed by atoms with E-state index in [0.717, 1.165) is 13.1 Å². The molecule has 0 atom stereocenters. The predicted molar refractivity (Wildman–Crippen MR) is 68.1 cm³/mol. The average molecular weight is 357 g/mol. The van der Waals surface area contributed by atoms with E-state index in [4.69, 9.17) is 4.74 Å². The van der Waals surface area contributed by atoms with Gasteiger partial charge >= 0.3 is 5.97 Å². The quantitative estimate of drug-likeness (QED) is 0.824. The average Bonchev–Trinajstić information content (AvgIpc) is 2.46. The van der Waals surface area contributed by atoms with E-state index >= 15 is 0 Å². The van der Waals surface area contributed by atoms with Crippen LogP contribution in [0, 0.1) is 0 Å². The highest BCUT2D eigenvalue weighted by Crippen LogP contribution is 2.32. The molecule has 0 amide bonds. The molecular weight excluding hydrogens is 346 g/mol. The van der Waals surface area contributed by atoms with E-state index in [2.05, 4.69) is 37.2 Å². The van der Waals surface area contributed by atoms with Gasteiger partial charge in [-0.05, 0) is 44.8 Å². The molecule has 0 aliphatic carbocycles. The van der Waals surface area contributed by atoms with Gasteiger partial charge in [0.1, 0.15) is 0 Å². The Morgan fingerprint density at radius 3 is 2.87 bits per heavy atom. The Hall–Kier alpha value is 0.0900. The molecule has 0 aliphatic rings. The van der Waals surface area contributed by atoms with Crippen molar-refractivity contribution in [3.8, 4) is 0 Å². The third-order valence-electron chi connectivity index (χ3n) is 1.57. The summed E-state index contributed by atoms with van der Waals surface area (Å²) in [7, 11) is 0. The zero-order valence-corrected chi connectivity index (χ0v) is 12.2. The molecule has 1 heterocycles. The van der Waals surface area contributed by atoms with Crippen LogP contribution in [0.5, 0.6) is 0 Å². The monoisotopic (exact) mass is 355 g/mol. The van der Waals surface area contributed by atoms with E-state index in [9.17, 15) is 4.79 Å². The zero-order chi connectivity index (χ0) is 11.3. The molecule has 0 saturated carbocycles. The number of rotatable bonds is 5. The van der Waals surface area contributed by atoms with Crippen molar-refractivity contribution in [1.82, 2.24) is 5.32 Å². The number of carbonyl (C=O) groups is 1. The van der Waals surface area contributed by atoms with Crippen LogP contribution in [0.4, 0.5) is 0 Å². The number of halogens is 2. The maximum Gasteiger partial charge on any atom is 0.319 e. The molecular formula is C9H11Br2NO2S. The van der Waals surface area contributed by atoms with Gasteiger partial charge in [-0.2, -0.15) is 0 Å². The first-order valence-electron chi connectivity index (χ1n) is 4.43. The number of thiophene rings is 1. The van der Waals surface area contributed by atoms with Crippen LogP contribution in [0.1, 0.15) is 11.8 Å². The molecule has 0 spiro atoms. The lowest BCUT2D eigenvalue weighted by Gasteiger charge is -2.02. The van der Waals surface area contributed by atoms with Gasteiger partial charge in [0, 0.05) is 15.9 Å². The zero-order valence-electron chi connectivity index (χ0n) is 8.18. The fourth-order valence-corrected chi connectivity index (χ4v) is 3.12. The van der Waals surface area contributed by atoms with Crippen LogP contribution in [0.2, 0.25) is 0 Å². The molecule has 0 bridgehead atoms. The lowest BCUT2D eigenvalue weighted by molar-refractivity contribution is -0.142. The van der Waals surface area contributed by atoms with Crippen LogP contribution >= 0.6 is 43.2 Å². The van der Waals surface area contributed by atoms with E-state index in [1.165, 1.54) is 0 Å². The van der Waals surface area contributed by atoms with Crippen LogP contribution in [-0.4, -0.2) is 19.1 Å². The lowest BCUT2D eigenvalue weighted by Crippen LogP contribution is -2.23. The topological polar surface area (TPSA) is 38.3 Å². The van der Waals surface area contributed by atoms with Crippen molar-refractivity contribution in [3.05, 3.63) is 19.2 Å². The molecule has 0 radical (unpaired) electrons. The molecule has 1 rings (SSSR count). The highest BCUT2D eigenvalue weighted by atomic mass is 79.9. The molecule has 1 aromatic heterocycles. The van der Waals surface area contributed by atoms with Crippen LogP contribution in [0.25, 0.3) is 0 Å². The molecule has 84 valence electrons. The van der Waals surface area contributed by atoms with Gasteiger partial charge in [0.05, 0.1) is 16.9 Å². The van der Waals surface area contributed by atoms with Gasteiger partial charge in [-0.1, -0.05) is 0 Å². The summed E-state index contributed by atoms with van der Waals surface area (Å²) in [6.45, 7) is 3.15. The van der Waals surface area contributed by atoms with Gasteiger partial charge in [0.25, 0.3) is 0 Å². The summed E-state index contributed by atoms with van der Waals surface area (Å²) < 4.78 is 6.90. The van der Waals surface area contributed by atoms with Crippen LogP contribution in [0.15, 0.2) is 14.3 Å². The van der Waals surface area contributed by atoms with Crippen molar-refractivity contribution < 1.29 is 9.53 Å². The minimum absolute atomic E-state index is 0.216. The van der Waals surface area contributed by atoms with Crippen LogP contribution in [0.3, 0.4) is 0 Å². The standard InChI is InChI=1S/C9H11Br2NO2S/c1-2-14-8(13)5-12-4-6-3-7(10)9(11)15-6/h3,12H,2,4-5H2,1H3. The first-order chi connectivity index (χ1) is 7.13. The van der Waals surface area contributed by atoms with Crippen molar-refractivity contribution >= 4 is 49.2 Å². The number of esters is 1. The van der Waals surface area contributed by atoms with Crippen LogP contribution in [-0.2, 0) is 16.1 Å². The molecule has 0 unspecified atom stereocenters. The smallest absolute Gasteiger partial charge is 0.319 e. The van der Waals surface area contributed by atoms with E-state index in [1.54, 1.807) is 18.3 Å². The first kappa shape index (κ1) is 13.2. The highest BCUT2D eigenvalue weighted by molar-refractivity contribution is 9.13. The Labute approximate surface area is 109 Å². The molecule has 1 N–H and O–H groups in total. The van der Waals surface area contributed by atoms with E-state index < -0.39 is 0 Å². The number of carbonyl (C=O) groups excluding carboxylic acids is 1. The second kappa shape index (κ2) is 6.62. The summed E-state index contributed by atoms with van der Waals surface area (Å²) in [6, 6.07) is 2.02. The molecule has 0 fully saturated rings. The Bertz CT molecular complexity index is 321. The molecule has 0 aliphatic heterocycles. The minimum Gasteiger partial charge on any atom is -0.465 e. The Balaban J connectivity index is 2.28. The lowest BCUT2D eigenvalue weighted by atomic mass is 10.4. The summed E-state index contributed by atoms with van der Waals surface area (Å²) in [5, 5.41) is 3.02. The van der Waals surface area contributed by atoms with Gasteiger partial charge in [0.2, 0.25) is 0 Å². The molecule has 0 saturated heterocycles. The van der Waals surface area contributed by atoms with Crippen LogP contribution < -0.4 is 5.32 Å². The second-order valence-corrected chi connectivity index (χ2v) is 6.05. The fraction of sp³-hybridized carbons (Fsp3) is 0.444. The van der Waals surface area contributed by atoms with Gasteiger partial charge in [-0.3, -0.25) is 4.79 Å². The summed E-state index contributed by atoms with van der Waals surface area (Å²) in [4.78, 5) is 12.2. The SMILES string of the molecule is CCOC(=O)CNCc1cc(Br)c(Br)s1. The van der Waals surface area contributed by atoms with Gasteiger partial charge < -0.3 is 10.1 Å². The van der Waals surface area contributed by atoms with E-state index in [1.807, 2.05) is 6.07 Å². The number of hydrogen-bond donors (Lipinski definition) is 1. The fourth-order valence-electron chi connectivity index (χ4n) is 0.978. The predicted octanol–water partition coefficient (Wildman–Crippen LogP) is 2.93.